The van der Waals surface area contributed by atoms with Crippen LogP contribution in [0.15, 0.2) is 12.3 Å². The normalized spacial score (nSPS) is 9.64. The first-order valence-corrected chi connectivity index (χ1v) is 5.29. The van der Waals surface area contributed by atoms with Crippen LogP contribution < -0.4 is 0 Å². The lowest BCUT2D eigenvalue weighted by Gasteiger charge is -2.05. The standard InChI is InChI=1S/C10H14FN.C2H6/c1-4-8-6-12-10(7(2)3)5-9(8)11;1-2/h5-7H,4H2,1-3H3;1-2H3. The molecular weight excluding hydrogens is 177 g/mol. The summed E-state index contributed by atoms with van der Waals surface area (Å²) in [4.78, 5) is 4.17. The molecular formula is C12H20FN. The highest BCUT2D eigenvalue weighted by Gasteiger charge is 2.05. The van der Waals surface area contributed by atoms with E-state index < -0.39 is 0 Å². The summed E-state index contributed by atoms with van der Waals surface area (Å²) in [5, 5.41) is 0. The number of halogens is 1. The Kier molecular flexibility index (Phi) is 6.09. The lowest BCUT2D eigenvalue weighted by Crippen LogP contribution is -1.97. The molecule has 0 spiro atoms. The minimum Gasteiger partial charge on any atom is -0.261 e. The Labute approximate surface area is 86.4 Å². The average Bonchev–Trinajstić information content (AvgIpc) is 2.20. The smallest absolute Gasteiger partial charge is 0.129 e. The van der Waals surface area contributed by atoms with E-state index in [-0.39, 0.29) is 5.82 Å². The van der Waals surface area contributed by atoms with Crippen molar-refractivity contribution in [1.29, 1.82) is 0 Å². The SMILES string of the molecule is CC.CCc1cnc(C(C)C)cc1F. The second-order valence-electron chi connectivity index (χ2n) is 3.21. The Morgan fingerprint density at radius 2 is 1.93 bits per heavy atom. The number of aromatic nitrogens is 1. The molecule has 0 fully saturated rings. The third-order valence-corrected chi connectivity index (χ3v) is 1.92. The zero-order chi connectivity index (χ0) is 11.1. The minimum absolute atomic E-state index is 0.129. The first-order valence-electron chi connectivity index (χ1n) is 5.29. The van der Waals surface area contributed by atoms with Crippen LogP contribution >= 0.6 is 0 Å². The Bertz CT molecular complexity index is 269. The molecule has 0 aliphatic carbocycles. The fourth-order valence-corrected chi connectivity index (χ4v) is 1.05. The molecule has 1 aromatic heterocycles. The zero-order valence-corrected chi connectivity index (χ0v) is 9.76. The Morgan fingerprint density at radius 3 is 2.29 bits per heavy atom. The van der Waals surface area contributed by atoms with Gasteiger partial charge < -0.3 is 0 Å². The number of hydrogen-bond acceptors (Lipinski definition) is 1. The van der Waals surface area contributed by atoms with E-state index in [0.29, 0.717) is 17.9 Å². The molecule has 0 amide bonds. The van der Waals surface area contributed by atoms with E-state index in [4.69, 9.17) is 0 Å². The van der Waals surface area contributed by atoms with E-state index in [0.717, 1.165) is 5.69 Å². The van der Waals surface area contributed by atoms with E-state index in [1.807, 2.05) is 34.6 Å². The van der Waals surface area contributed by atoms with Crippen LogP contribution in [0.1, 0.15) is 51.8 Å². The first kappa shape index (κ1) is 13.1. The summed E-state index contributed by atoms with van der Waals surface area (Å²) in [6.07, 6.45) is 2.34. The van der Waals surface area contributed by atoms with Crippen molar-refractivity contribution in [3.05, 3.63) is 29.3 Å². The molecule has 0 aliphatic rings. The summed E-state index contributed by atoms with van der Waals surface area (Å²) in [5.74, 6) is 0.168. The second kappa shape index (κ2) is 6.52. The Morgan fingerprint density at radius 1 is 1.36 bits per heavy atom. The lowest BCUT2D eigenvalue weighted by atomic mass is 10.1. The summed E-state index contributed by atoms with van der Waals surface area (Å²) in [7, 11) is 0. The van der Waals surface area contributed by atoms with Gasteiger partial charge in [-0.05, 0) is 18.4 Å². The molecule has 2 heteroatoms. The summed E-state index contributed by atoms with van der Waals surface area (Å²) >= 11 is 0. The van der Waals surface area contributed by atoms with Crippen LogP contribution in [0.4, 0.5) is 4.39 Å². The molecule has 1 aromatic rings. The van der Waals surface area contributed by atoms with Crippen molar-refractivity contribution in [1.82, 2.24) is 4.98 Å². The van der Waals surface area contributed by atoms with Crippen molar-refractivity contribution in [3.63, 3.8) is 0 Å². The van der Waals surface area contributed by atoms with Crippen LogP contribution in [0.3, 0.4) is 0 Å². The molecule has 0 bridgehead atoms. The van der Waals surface area contributed by atoms with Crippen LogP contribution in [-0.4, -0.2) is 4.98 Å². The minimum atomic E-state index is -0.129. The van der Waals surface area contributed by atoms with E-state index >= 15 is 0 Å². The van der Waals surface area contributed by atoms with Crippen LogP contribution in [0.25, 0.3) is 0 Å². The van der Waals surface area contributed by atoms with Gasteiger partial charge in [-0.25, -0.2) is 4.39 Å². The highest BCUT2D eigenvalue weighted by Crippen LogP contribution is 2.14. The molecule has 0 saturated heterocycles. The largest absolute Gasteiger partial charge is 0.261 e. The maximum Gasteiger partial charge on any atom is 0.129 e. The average molecular weight is 197 g/mol. The molecule has 1 nitrogen and oxygen atoms in total. The monoisotopic (exact) mass is 197 g/mol. The second-order valence-corrected chi connectivity index (χ2v) is 3.21. The molecule has 0 unspecified atom stereocenters. The topological polar surface area (TPSA) is 12.9 Å². The zero-order valence-electron chi connectivity index (χ0n) is 9.76. The molecule has 0 saturated carbocycles. The number of pyridine rings is 1. The molecule has 0 aliphatic heterocycles. The van der Waals surface area contributed by atoms with Crippen LogP contribution in [0.2, 0.25) is 0 Å². The first-order chi connectivity index (χ1) is 6.65. The van der Waals surface area contributed by atoms with Gasteiger partial charge in [-0.15, -0.1) is 0 Å². The summed E-state index contributed by atoms with van der Waals surface area (Å²) in [6, 6.07) is 1.53. The van der Waals surface area contributed by atoms with E-state index in [1.54, 1.807) is 6.20 Å². The Hall–Kier alpha value is -0.920. The van der Waals surface area contributed by atoms with Gasteiger partial charge in [0.1, 0.15) is 5.82 Å². The predicted octanol–water partition coefficient (Wildman–Crippen LogP) is 3.93. The van der Waals surface area contributed by atoms with Gasteiger partial charge in [0.05, 0.1) is 0 Å². The van der Waals surface area contributed by atoms with E-state index in [1.165, 1.54) is 6.07 Å². The molecule has 0 radical (unpaired) electrons. The van der Waals surface area contributed by atoms with Gasteiger partial charge in [0.15, 0.2) is 0 Å². The van der Waals surface area contributed by atoms with Crippen molar-refractivity contribution in [2.24, 2.45) is 0 Å². The molecule has 1 rings (SSSR count). The van der Waals surface area contributed by atoms with Crippen LogP contribution in [-0.2, 0) is 6.42 Å². The van der Waals surface area contributed by atoms with Gasteiger partial charge in [-0.2, -0.15) is 0 Å². The highest BCUT2D eigenvalue weighted by atomic mass is 19.1. The van der Waals surface area contributed by atoms with Crippen LogP contribution in [0.5, 0.6) is 0 Å². The van der Waals surface area contributed by atoms with Crippen molar-refractivity contribution in [2.45, 2.75) is 47.0 Å². The third-order valence-electron chi connectivity index (χ3n) is 1.92. The van der Waals surface area contributed by atoms with Gasteiger partial charge in [0, 0.05) is 17.5 Å². The highest BCUT2D eigenvalue weighted by molar-refractivity contribution is 5.18. The van der Waals surface area contributed by atoms with Gasteiger partial charge in [-0.1, -0.05) is 34.6 Å². The lowest BCUT2D eigenvalue weighted by molar-refractivity contribution is 0.602. The van der Waals surface area contributed by atoms with Crippen molar-refractivity contribution >= 4 is 0 Å². The Balaban J connectivity index is 0.000000791. The molecule has 0 N–H and O–H groups in total. The fourth-order valence-electron chi connectivity index (χ4n) is 1.05. The molecule has 0 aromatic carbocycles. The van der Waals surface area contributed by atoms with Crippen LogP contribution in [0, 0.1) is 5.82 Å². The molecule has 1 heterocycles. The molecule has 80 valence electrons. The number of aryl methyl sites for hydroxylation is 1. The molecule has 14 heavy (non-hydrogen) atoms. The summed E-state index contributed by atoms with van der Waals surface area (Å²) in [5.41, 5.74) is 1.52. The van der Waals surface area contributed by atoms with Crippen molar-refractivity contribution in [2.75, 3.05) is 0 Å². The summed E-state index contributed by atoms with van der Waals surface area (Å²) < 4.78 is 13.2. The van der Waals surface area contributed by atoms with Crippen molar-refractivity contribution in [3.8, 4) is 0 Å². The van der Waals surface area contributed by atoms with Gasteiger partial charge >= 0.3 is 0 Å². The number of nitrogens with zero attached hydrogens (tertiary/aromatic N) is 1. The summed E-state index contributed by atoms with van der Waals surface area (Å²) in [6.45, 7) is 9.94. The van der Waals surface area contributed by atoms with E-state index in [9.17, 15) is 4.39 Å². The number of hydrogen-bond donors (Lipinski definition) is 0. The predicted molar refractivity (Wildman–Crippen MR) is 59.0 cm³/mol. The van der Waals surface area contributed by atoms with Gasteiger partial charge in [0.2, 0.25) is 0 Å². The maximum atomic E-state index is 13.2. The third kappa shape index (κ3) is 3.44. The van der Waals surface area contributed by atoms with E-state index in [2.05, 4.69) is 4.98 Å². The van der Waals surface area contributed by atoms with Gasteiger partial charge in [0.25, 0.3) is 0 Å². The van der Waals surface area contributed by atoms with Crippen molar-refractivity contribution < 1.29 is 4.39 Å². The number of rotatable bonds is 2. The molecule has 0 atom stereocenters. The quantitative estimate of drug-likeness (QED) is 0.700. The fraction of sp³-hybridized carbons (Fsp3) is 0.583. The maximum absolute atomic E-state index is 13.2. The van der Waals surface area contributed by atoms with Gasteiger partial charge in [-0.3, -0.25) is 4.98 Å².